The number of thiophene rings is 1. The molecule has 0 aliphatic rings. The fourth-order valence-electron chi connectivity index (χ4n) is 1.45. The van der Waals surface area contributed by atoms with Gasteiger partial charge in [-0.25, -0.2) is 9.59 Å². The third kappa shape index (κ3) is 4.53. The normalized spacial score (nSPS) is 12.8. The Morgan fingerprint density at radius 1 is 1.47 bits per heavy atom. The van der Waals surface area contributed by atoms with E-state index in [4.69, 9.17) is 10.2 Å². The molecule has 106 valence electrons. The standard InChI is InChI=1S/C12H18N2O4S/c1-12(2,9-4-3-5-19-9)7-13-11(18)14-8(6-15)10(16)17/h3-5,8,15H,6-7H2,1-2H3,(H,16,17)(H2,13,14,18). The van der Waals surface area contributed by atoms with Crippen LogP contribution >= 0.6 is 11.3 Å². The molecule has 2 amide bonds. The Morgan fingerprint density at radius 3 is 2.63 bits per heavy atom. The van der Waals surface area contributed by atoms with Crippen molar-refractivity contribution in [1.29, 1.82) is 0 Å². The van der Waals surface area contributed by atoms with Crippen molar-refractivity contribution in [3.05, 3.63) is 22.4 Å². The van der Waals surface area contributed by atoms with Crippen LogP contribution in [0.25, 0.3) is 0 Å². The SMILES string of the molecule is CC(C)(CNC(=O)NC(CO)C(=O)O)c1cccs1. The molecule has 19 heavy (non-hydrogen) atoms. The topological polar surface area (TPSA) is 98.7 Å². The third-order valence-electron chi connectivity index (χ3n) is 2.67. The van der Waals surface area contributed by atoms with Gasteiger partial charge < -0.3 is 20.8 Å². The molecule has 0 saturated carbocycles. The van der Waals surface area contributed by atoms with Gasteiger partial charge in [0.25, 0.3) is 0 Å². The van der Waals surface area contributed by atoms with Crippen LogP contribution in [0.15, 0.2) is 17.5 Å². The second-order valence-electron chi connectivity index (χ2n) is 4.76. The van der Waals surface area contributed by atoms with Crippen molar-refractivity contribution in [3.63, 3.8) is 0 Å². The Labute approximate surface area is 115 Å². The number of aliphatic carboxylic acids is 1. The lowest BCUT2D eigenvalue weighted by molar-refractivity contribution is -0.140. The first-order valence-corrected chi connectivity index (χ1v) is 6.67. The molecule has 1 aromatic rings. The first kappa shape index (κ1) is 15.5. The molecule has 0 aliphatic heterocycles. The van der Waals surface area contributed by atoms with Gasteiger partial charge in [-0.3, -0.25) is 0 Å². The lowest BCUT2D eigenvalue weighted by Gasteiger charge is -2.24. The lowest BCUT2D eigenvalue weighted by Crippen LogP contribution is -2.50. The Hall–Kier alpha value is -1.60. The lowest BCUT2D eigenvalue weighted by atomic mass is 9.91. The van der Waals surface area contributed by atoms with Crippen LogP contribution in [0.1, 0.15) is 18.7 Å². The summed E-state index contributed by atoms with van der Waals surface area (Å²) in [5.41, 5.74) is -0.233. The second kappa shape index (κ2) is 6.53. The number of hydrogen-bond donors (Lipinski definition) is 4. The van der Waals surface area contributed by atoms with Crippen molar-refractivity contribution in [2.45, 2.75) is 25.3 Å². The number of rotatable bonds is 6. The number of aliphatic hydroxyl groups is 1. The number of aliphatic hydroxyl groups excluding tert-OH is 1. The number of urea groups is 1. The second-order valence-corrected chi connectivity index (χ2v) is 5.71. The molecule has 7 heteroatoms. The van der Waals surface area contributed by atoms with Crippen LogP contribution in [0.3, 0.4) is 0 Å². The number of carbonyl (C=O) groups is 2. The largest absolute Gasteiger partial charge is 0.480 e. The Kier molecular flexibility index (Phi) is 5.31. The minimum absolute atomic E-state index is 0.233. The smallest absolute Gasteiger partial charge is 0.328 e. The molecule has 0 saturated heterocycles. The molecule has 6 nitrogen and oxygen atoms in total. The third-order valence-corrected chi connectivity index (χ3v) is 3.90. The summed E-state index contributed by atoms with van der Waals surface area (Å²) in [7, 11) is 0. The maximum atomic E-state index is 11.5. The number of nitrogens with one attached hydrogen (secondary N) is 2. The molecule has 0 bridgehead atoms. The van der Waals surface area contributed by atoms with Crippen molar-refractivity contribution < 1.29 is 19.8 Å². The summed E-state index contributed by atoms with van der Waals surface area (Å²) in [5, 5.41) is 24.3. The van der Waals surface area contributed by atoms with Gasteiger partial charge in [0.1, 0.15) is 0 Å². The molecule has 0 aromatic carbocycles. The fraction of sp³-hybridized carbons (Fsp3) is 0.500. The average molecular weight is 286 g/mol. The monoisotopic (exact) mass is 286 g/mol. The van der Waals surface area contributed by atoms with Gasteiger partial charge >= 0.3 is 12.0 Å². The zero-order valence-electron chi connectivity index (χ0n) is 10.8. The minimum Gasteiger partial charge on any atom is -0.480 e. The Bertz CT molecular complexity index is 431. The van der Waals surface area contributed by atoms with E-state index in [0.29, 0.717) is 6.54 Å². The van der Waals surface area contributed by atoms with Crippen LogP contribution in [-0.2, 0) is 10.2 Å². The van der Waals surface area contributed by atoms with Crippen LogP contribution in [0.2, 0.25) is 0 Å². The highest BCUT2D eigenvalue weighted by molar-refractivity contribution is 7.10. The van der Waals surface area contributed by atoms with E-state index >= 15 is 0 Å². The van der Waals surface area contributed by atoms with E-state index in [0.717, 1.165) is 4.88 Å². The number of carboxylic acid groups (broad SMARTS) is 1. The summed E-state index contributed by atoms with van der Waals surface area (Å²) in [6, 6.07) is 2.03. The summed E-state index contributed by atoms with van der Waals surface area (Å²) in [6.45, 7) is 3.70. The molecular formula is C12H18N2O4S. The van der Waals surface area contributed by atoms with E-state index in [1.165, 1.54) is 0 Å². The van der Waals surface area contributed by atoms with Crippen LogP contribution in [0.5, 0.6) is 0 Å². The number of carbonyl (C=O) groups excluding carboxylic acids is 1. The van der Waals surface area contributed by atoms with Crippen LogP contribution < -0.4 is 10.6 Å². The van der Waals surface area contributed by atoms with Crippen molar-refractivity contribution in [2.24, 2.45) is 0 Å². The van der Waals surface area contributed by atoms with Crippen LogP contribution in [0, 0.1) is 0 Å². The van der Waals surface area contributed by atoms with E-state index < -0.39 is 24.6 Å². The van der Waals surface area contributed by atoms with Gasteiger partial charge in [-0.1, -0.05) is 19.9 Å². The molecule has 0 spiro atoms. The summed E-state index contributed by atoms with van der Waals surface area (Å²) in [5.74, 6) is -1.27. The van der Waals surface area contributed by atoms with Crippen molar-refractivity contribution in [3.8, 4) is 0 Å². The molecule has 0 aliphatic carbocycles. The first-order valence-electron chi connectivity index (χ1n) is 5.79. The number of amides is 2. The maximum absolute atomic E-state index is 11.5. The number of hydrogen-bond acceptors (Lipinski definition) is 4. The highest BCUT2D eigenvalue weighted by Gasteiger charge is 2.24. The Balaban J connectivity index is 2.48. The van der Waals surface area contributed by atoms with E-state index in [2.05, 4.69) is 10.6 Å². The molecule has 0 fully saturated rings. The van der Waals surface area contributed by atoms with E-state index in [1.54, 1.807) is 11.3 Å². The summed E-state index contributed by atoms with van der Waals surface area (Å²) in [4.78, 5) is 23.3. The first-order chi connectivity index (χ1) is 8.86. The quantitative estimate of drug-likeness (QED) is 0.621. The summed E-state index contributed by atoms with van der Waals surface area (Å²) >= 11 is 1.60. The molecule has 1 unspecified atom stereocenters. The molecule has 0 radical (unpaired) electrons. The van der Waals surface area contributed by atoms with E-state index in [-0.39, 0.29) is 5.41 Å². The highest BCUT2D eigenvalue weighted by Crippen LogP contribution is 2.26. The van der Waals surface area contributed by atoms with Gasteiger partial charge in [0.05, 0.1) is 6.61 Å². The van der Waals surface area contributed by atoms with Crippen molar-refractivity contribution >= 4 is 23.3 Å². The van der Waals surface area contributed by atoms with Crippen molar-refractivity contribution in [2.75, 3.05) is 13.2 Å². The van der Waals surface area contributed by atoms with Gasteiger partial charge in [-0.2, -0.15) is 0 Å². The maximum Gasteiger partial charge on any atom is 0.328 e. The van der Waals surface area contributed by atoms with Gasteiger partial charge in [0.2, 0.25) is 0 Å². The van der Waals surface area contributed by atoms with E-state index in [1.807, 2.05) is 31.4 Å². The van der Waals surface area contributed by atoms with Gasteiger partial charge in [-0.05, 0) is 11.4 Å². The zero-order valence-corrected chi connectivity index (χ0v) is 11.7. The van der Waals surface area contributed by atoms with Gasteiger partial charge in [0.15, 0.2) is 6.04 Å². The molecule has 1 heterocycles. The molecule has 1 atom stereocenters. The average Bonchev–Trinajstić information content (AvgIpc) is 2.87. The Morgan fingerprint density at radius 2 is 2.16 bits per heavy atom. The van der Waals surface area contributed by atoms with Gasteiger partial charge in [-0.15, -0.1) is 11.3 Å². The zero-order chi connectivity index (χ0) is 14.5. The molecular weight excluding hydrogens is 268 g/mol. The van der Waals surface area contributed by atoms with Gasteiger partial charge in [0, 0.05) is 16.8 Å². The van der Waals surface area contributed by atoms with Crippen molar-refractivity contribution in [1.82, 2.24) is 10.6 Å². The summed E-state index contributed by atoms with van der Waals surface area (Å²) < 4.78 is 0. The molecule has 4 N–H and O–H groups in total. The minimum atomic E-state index is -1.29. The fourth-order valence-corrected chi connectivity index (χ4v) is 2.30. The molecule has 1 aromatic heterocycles. The summed E-state index contributed by atoms with van der Waals surface area (Å²) in [6.07, 6.45) is 0. The van der Waals surface area contributed by atoms with E-state index in [9.17, 15) is 9.59 Å². The van der Waals surface area contributed by atoms with Crippen LogP contribution in [-0.4, -0.2) is 41.4 Å². The highest BCUT2D eigenvalue weighted by atomic mass is 32.1. The predicted octanol–water partition coefficient (Wildman–Crippen LogP) is 0.770. The predicted molar refractivity (Wildman–Crippen MR) is 72.4 cm³/mol. The number of carboxylic acids is 1. The molecule has 1 rings (SSSR count). The van der Waals surface area contributed by atoms with Crippen LogP contribution in [0.4, 0.5) is 4.79 Å².